The van der Waals surface area contributed by atoms with Crippen LogP contribution in [0.2, 0.25) is 5.02 Å². The lowest BCUT2D eigenvalue weighted by molar-refractivity contribution is 0.103. The van der Waals surface area contributed by atoms with Crippen molar-refractivity contribution in [2.45, 2.75) is 6.92 Å². The molecule has 0 radical (unpaired) electrons. The molecule has 14 heteroatoms. The number of piperazine rings is 1. The summed E-state index contributed by atoms with van der Waals surface area (Å²) in [6.07, 6.45) is 1.46. The number of aliphatic hydroxyl groups is 1. The van der Waals surface area contributed by atoms with E-state index >= 15 is 0 Å². The number of benzene rings is 2. The van der Waals surface area contributed by atoms with E-state index in [1.807, 2.05) is 24.0 Å². The summed E-state index contributed by atoms with van der Waals surface area (Å²) in [4.78, 5) is 35.5. The summed E-state index contributed by atoms with van der Waals surface area (Å²) in [5.74, 6) is 0.104. The van der Waals surface area contributed by atoms with Crippen LogP contribution in [0.4, 0.5) is 27.1 Å². The molecule has 0 bridgehead atoms. The lowest BCUT2D eigenvalue weighted by atomic mass is 10.2. The number of halogens is 2. The van der Waals surface area contributed by atoms with E-state index in [4.69, 9.17) is 16.3 Å². The lowest BCUT2D eigenvalue weighted by Gasteiger charge is -2.34. The second kappa shape index (κ2) is 12.7. The molecule has 0 atom stereocenters. The molecule has 0 spiro atoms. The summed E-state index contributed by atoms with van der Waals surface area (Å²) >= 11 is 7.38. The number of aliphatic hydroxyl groups excluding tert-OH is 1. The molecule has 1 fully saturated rings. The van der Waals surface area contributed by atoms with Gasteiger partial charge in [0.2, 0.25) is 11.9 Å². The Labute approximate surface area is 245 Å². The normalized spacial score (nSPS) is 13.7. The van der Waals surface area contributed by atoms with Crippen molar-refractivity contribution in [1.29, 1.82) is 0 Å². The Morgan fingerprint density at radius 2 is 1.98 bits per heavy atom. The van der Waals surface area contributed by atoms with E-state index in [-0.39, 0.29) is 30.0 Å². The number of aromatic nitrogens is 4. The number of amides is 1. The summed E-state index contributed by atoms with van der Waals surface area (Å²) in [6, 6.07) is 9.88. The van der Waals surface area contributed by atoms with Gasteiger partial charge in [0.25, 0.3) is 5.91 Å². The van der Waals surface area contributed by atoms with Gasteiger partial charge in [0.05, 0.1) is 30.6 Å². The zero-order valence-electron chi connectivity index (χ0n) is 22.4. The van der Waals surface area contributed by atoms with E-state index in [1.54, 1.807) is 12.1 Å². The zero-order chi connectivity index (χ0) is 28.9. The molecule has 11 nitrogen and oxygen atoms in total. The third-order valence-electron chi connectivity index (χ3n) is 6.51. The Hall–Kier alpha value is -3.91. The predicted octanol–water partition coefficient (Wildman–Crippen LogP) is 4.21. The van der Waals surface area contributed by atoms with Crippen molar-refractivity contribution in [3.8, 4) is 17.1 Å². The van der Waals surface area contributed by atoms with Gasteiger partial charge in [-0.3, -0.25) is 15.0 Å². The molecule has 0 aliphatic carbocycles. The lowest BCUT2D eigenvalue weighted by Crippen LogP contribution is -2.47. The van der Waals surface area contributed by atoms with Crippen molar-refractivity contribution >= 4 is 51.6 Å². The van der Waals surface area contributed by atoms with Crippen molar-refractivity contribution in [1.82, 2.24) is 24.8 Å². The minimum atomic E-state index is -0.538. The fourth-order valence-electron chi connectivity index (χ4n) is 4.31. The monoisotopic (exact) mass is 598 g/mol. The number of anilines is 4. The molecule has 3 heterocycles. The van der Waals surface area contributed by atoms with E-state index in [0.29, 0.717) is 51.9 Å². The fourth-order valence-corrected chi connectivity index (χ4v) is 5.28. The van der Waals surface area contributed by atoms with Gasteiger partial charge in [0.15, 0.2) is 22.5 Å². The van der Waals surface area contributed by atoms with Crippen molar-refractivity contribution < 1.29 is 19.0 Å². The van der Waals surface area contributed by atoms with Crippen LogP contribution in [0.3, 0.4) is 0 Å². The summed E-state index contributed by atoms with van der Waals surface area (Å²) in [6.45, 7) is 5.31. The molecule has 0 saturated carbocycles. The number of thiazole rings is 1. The fraction of sp³-hybridized carbons (Fsp3) is 0.296. The van der Waals surface area contributed by atoms with Gasteiger partial charge in [-0.2, -0.15) is 15.0 Å². The third kappa shape index (κ3) is 6.70. The van der Waals surface area contributed by atoms with Crippen LogP contribution in [0.1, 0.15) is 15.2 Å². The maximum Gasteiger partial charge on any atom is 0.267 e. The van der Waals surface area contributed by atoms with Crippen molar-refractivity contribution in [2.24, 2.45) is 0 Å². The number of para-hydroxylation sites is 1. The molecule has 1 saturated heterocycles. The number of rotatable bonds is 9. The van der Waals surface area contributed by atoms with Crippen molar-refractivity contribution in [3.63, 3.8) is 0 Å². The van der Waals surface area contributed by atoms with E-state index in [2.05, 4.69) is 35.5 Å². The van der Waals surface area contributed by atoms with Gasteiger partial charge in [-0.1, -0.05) is 35.1 Å². The van der Waals surface area contributed by atoms with Crippen LogP contribution >= 0.6 is 22.9 Å². The molecule has 1 amide bonds. The first-order valence-electron chi connectivity index (χ1n) is 12.8. The van der Waals surface area contributed by atoms with E-state index < -0.39 is 5.82 Å². The molecule has 3 N–H and O–H groups in total. The summed E-state index contributed by atoms with van der Waals surface area (Å²) < 4.78 is 19.6. The second-order valence-electron chi connectivity index (χ2n) is 9.22. The molecule has 5 rings (SSSR count). The van der Waals surface area contributed by atoms with Crippen molar-refractivity contribution in [2.75, 3.05) is 62.0 Å². The number of hydrogen-bond donors (Lipinski definition) is 3. The highest BCUT2D eigenvalue weighted by Crippen LogP contribution is 2.29. The molecule has 41 heavy (non-hydrogen) atoms. The van der Waals surface area contributed by atoms with Crippen LogP contribution in [0.5, 0.6) is 5.75 Å². The molecule has 4 aromatic rings. The van der Waals surface area contributed by atoms with Gasteiger partial charge in [-0.05, 0) is 36.8 Å². The number of hydrogen-bond acceptors (Lipinski definition) is 11. The maximum atomic E-state index is 14.5. The highest BCUT2D eigenvalue weighted by molar-refractivity contribution is 7.17. The van der Waals surface area contributed by atoms with Gasteiger partial charge in [-0.25, -0.2) is 9.37 Å². The van der Waals surface area contributed by atoms with E-state index in [9.17, 15) is 14.3 Å². The number of β-amino-alcohol motifs (C(OH)–C–C–N with tert-alkyl or cyclic N) is 1. The van der Waals surface area contributed by atoms with Gasteiger partial charge in [-0.15, -0.1) is 0 Å². The molecular weight excluding hydrogens is 571 g/mol. The Kier molecular flexibility index (Phi) is 8.88. The van der Waals surface area contributed by atoms with Crippen LogP contribution in [0.25, 0.3) is 11.4 Å². The minimum Gasteiger partial charge on any atom is -0.494 e. The molecule has 1 aliphatic rings. The first-order valence-corrected chi connectivity index (χ1v) is 14.0. The quantitative estimate of drug-likeness (QED) is 0.258. The zero-order valence-corrected chi connectivity index (χ0v) is 24.0. The highest BCUT2D eigenvalue weighted by Gasteiger charge is 2.22. The first kappa shape index (κ1) is 28.6. The number of aryl methyl sites for hydroxylation is 1. The third-order valence-corrected chi connectivity index (χ3v) is 7.74. The minimum absolute atomic E-state index is 0.0961. The SMILES string of the molecule is COc1ccc(-c2nc(Nc3ncc(C(=O)Nc4c(C)cccc4Cl)s3)nc(N3CCN(CCO)CC3)n2)cc1F. The van der Waals surface area contributed by atoms with E-state index in [1.165, 1.54) is 25.4 Å². The molecular formula is C27H28ClFN8O3S. The van der Waals surface area contributed by atoms with Crippen LogP contribution in [0.15, 0.2) is 42.6 Å². The van der Waals surface area contributed by atoms with E-state index in [0.717, 1.165) is 30.0 Å². The Morgan fingerprint density at radius 1 is 1.17 bits per heavy atom. The first-order chi connectivity index (χ1) is 19.8. The number of nitrogens with zero attached hydrogens (tertiary/aromatic N) is 6. The van der Waals surface area contributed by atoms with Crippen LogP contribution in [0, 0.1) is 12.7 Å². The topological polar surface area (TPSA) is 129 Å². The molecule has 2 aromatic heterocycles. The Morgan fingerprint density at radius 3 is 2.68 bits per heavy atom. The van der Waals surface area contributed by atoms with Crippen LogP contribution in [-0.2, 0) is 0 Å². The van der Waals surface area contributed by atoms with Gasteiger partial charge < -0.3 is 20.1 Å². The molecule has 214 valence electrons. The number of nitrogens with one attached hydrogen (secondary N) is 2. The number of methoxy groups -OCH3 is 1. The standard InChI is InChI=1S/C27H28ClFN8O3S/c1-16-4-3-5-18(28)22(16)31-24(39)21-15-30-27(41-21)35-25-32-23(17-6-7-20(40-2)19(29)14-17)33-26(34-25)37-10-8-36(9-11-37)12-13-38/h3-7,14-15,38H,8-13H2,1-2H3,(H,31,39)(H,30,32,33,34,35). The average molecular weight is 599 g/mol. The Bertz CT molecular complexity index is 1530. The summed E-state index contributed by atoms with van der Waals surface area (Å²) in [5, 5.41) is 16.0. The number of carbonyl (C=O) groups is 1. The largest absolute Gasteiger partial charge is 0.494 e. The summed E-state index contributed by atoms with van der Waals surface area (Å²) in [7, 11) is 1.40. The van der Waals surface area contributed by atoms with Gasteiger partial charge >= 0.3 is 0 Å². The molecule has 2 aromatic carbocycles. The average Bonchev–Trinajstić information content (AvgIpc) is 3.44. The van der Waals surface area contributed by atoms with Crippen LogP contribution < -0.4 is 20.3 Å². The second-order valence-corrected chi connectivity index (χ2v) is 10.7. The predicted molar refractivity (Wildman–Crippen MR) is 157 cm³/mol. The Balaban J connectivity index is 1.40. The summed E-state index contributed by atoms with van der Waals surface area (Å²) in [5.41, 5.74) is 1.83. The highest BCUT2D eigenvalue weighted by atomic mass is 35.5. The number of ether oxygens (including phenoxy) is 1. The number of carbonyl (C=O) groups excluding carboxylic acids is 1. The van der Waals surface area contributed by atoms with Gasteiger partial charge in [0.1, 0.15) is 4.88 Å². The molecule has 1 aliphatic heterocycles. The smallest absolute Gasteiger partial charge is 0.267 e. The maximum absolute atomic E-state index is 14.5. The van der Waals surface area contributed by atoms with Crippen LogP contribution in [-0.4, -0.2) is 82.3 Å². The van der Waals surface area contributed by atoms with Gasteiger partial charge in [0, 0.05) is 38.3 Å². The van der Waals surface area contributed by atoms with Crippen molar-refractivity contribution in [3.05, 3.63) is 63.9 Å². The molecule has 0 unspecified atom stereocenters.